The Balaban J connectivity index is 2.45. The number of allylic oxidation sites excluding steroid dienone is 1. The van der Waals surface area contributed by atoms with Crippen LogP contribution in [0.25, 0.3) is 0 Å². The Bertz CT molecular complexity index is 327. The summed E-state index contributed by atoms with van der Waals surface area (Å²) in [5.74, 6) is 0.148. The third kappa shape index (κ3) is 0.914. The molecule has 0 bridgehead atoms. The van der Waals surface area contributed by atoms with Gasteiger partial charge in [0, 0.05) is 13.3 Å². The molecule has 62 valence electrons. The second-order valence-electron chi connectivity index (χ2n) is 2.91. The van der Waals surface area contributed by atoms with Gasteiger partial charge < -0.3 is 0 Å². The minimum absolute atomic E-state index is 0.148. The van der Waals surface area contributed by atoms with Crippen molar-refractivity contribution in [2.75, 3.05) is 7.05 Å². The van der Waals surface area contributed by atoms with Gasteiger partial charge in [-0.3, -0.25) is 5.01 Å². The van der Waals surface area contributed by atoms with Crippen molar-refractivity contribution >= 4 is 29.1 Å². The van der Waals surface area contributed by atoms with Gasteiger partial charge in [-0.1, -0.05) is 12.2 Å². The lowest BCUT2D eigenvalue weighted by Gasteiger charge is -2.16. The molecule has 2 aliphatic rings. The van der Waals surface area contributed by atoms with E-state index in [0.717, 1.165) is 16.4 Å². The van der Waals surface area contributed by atoms with Gasteiger partial charge in [0.05, 0.1) is 17.3 Å². The number of hydrazone groups is 1. The maximum Gasteiger partial charge on any atom is 0.118 e. The molecular formula is C8H9N3S. The third-order valence-corrected chi connectivity index (χ3v) is 2.43. The van der Waals surface area contributed by atoms with Crippen molar-refractivity contribution in [2.24, 2.45) is 16.0 Å². The van der Waals surface area contributed by atoms with E-state index in [9.17, 15) is 0 Å². The van der Waals surface area contributed by atoms with Gasteiger partial charge in [-0.15, -0.1) is 0 Å². The van der Waals surface area contributed by atoms with Crippen LogP contribution in [0.4, 0.5) is 0 Å². The van der Waals surface area contributed by atoms with E-state index in [0.29, 0.717) is 0 Å². The molecule has 0 aromatic rings. The van der Waals surface area contributed by atoms with Gasteiger partial charge in [0.1, 0.15) is 4.99 Å². The molecule has 0 spiro atoms. The maximum atomic E-state index is 5.13. The molecule has 0 saturated carbocycles. The average Bonchev–Trinajstić information content (AvgIpc) is 2.29. The van der Waals surface area contributed by atoms with E-state index in [2.05, 4.69) is 10.1 Å². The zero-order chi connectivity index (χ0) is 8.72. The predicted molar refractivity (Wildman–Crippen MR) is 53.5 cm³/mol. The first kappa shape index (κ1) is 7.61. The highest BCUT2D eigenvalue weighted by Gasteiger charge is 2.31. The lowest BCUT2D eigenvalue weighted by Crippen LogP contribution is -2.22. The summed E-state index contributed by atoms with van der Waals surface area (Å²) in [5.41, 5.74) is 2.16. The molecule has 0 radical (unpaired) electrons. The number of hydrogen-bond donors (Lipinski definition) is 0. The van der Waals surface area contributed by atoms with E-state index in [1.807, 2.05) is 25.1 Å². The van der Waals surface area contributed by atoms with Crippen LogP contribution in [-0.4, -0.2) is 29.0 Å². The number of nitrogens with zero attached hydrogens (tertiary/aromatic N) is 3. The van der Waals surface area contributed by atoms with Crippen LogP contribution in [0.3, 0.4) is 0 Å². The summed E-state index contributed by atoms with van der Waals surface area (Å²) >= 11 is 5.13. The van der Waals surface area contributed by atoms with Gasteiger partial charge in [0.2, 0.25) is 0 Å². The highest BCUT2D eigenvalue weighted by Crippen LogP contribution is 2.27. The normalized spacial score (nSPS) is 27.0. The highest BCUT2D eigenvalue weighted by molar-refractivity contribution is 7.80. The first-order chi connectivity index (χ1) is 5.70. The number of thiocarbonyl (C=S) groups is 1. The Morgan fingerprint density at radius 2 is 2.33 bits per heavy atom. The predicted octanol–water partition coefficient (Wildman–Crippen LogP) is 1.22. The average molecular weight is 179 g/mol. The molecule has 2 aliphatic heterocycles. The summed E-state index contributed by atoms with van der Waals surface area (Å²) in [6, 6.07) is 0. The summed E-state index contributed by atoms with van der Waals surface area (Å²) in [6.45, 7) is 1.98. The second kappa shape index (κ2) is 2.48. The lowest BCUT2D eigenvalue weighted by molar-refractivity contribution is 0.457. The zero-order valence-electron chi connectivity index (χ0n) is 6.98. The summed E-state index contributed by atoms with van der Waals surface area (Å²) in [4.78, 5) is 4.80. The van der Waals surface area contributed by atoms with Gasteiger partial charge in [0.15, 0.2) is 0 Å². The molecule has 1 atom stereocenters. The van der Waals surface area contributed by atoms with E-state index in [1.54, 1.807) is 6.21 Å². The van der Waals surface area contributed by atoms with Crippen LogP contribution in [0.1, 0.15) is 6.92 Å². The van der Waals surface area contributed by atoms with Gasteiger partial charge in [-0.2, -0.15) is 5.10 Å². The Hall–Kier alpha value is -1.03. The van der Waals surface area contributed by atoms with Crippen molar-refractivity contribution in [1.29, 1.82) is 0 Å². The Morgan fingerprint density at radius 1 is 1.58 bits per heavy atom. The number of aliphatic imine (C=N–C) groups is 1. The highest BCUT2D eigenvalue weighted by atomic mass is 32.1. The minimum atomic E-state index is 0.148. The maximum absolute atomic E-state index is 5.13. The Kier molecular flexibility index (Phi) is 1.58. The fraction of sp³-hybridized carbons (Fsp3) is 0.375. The molecule has 12 heavy (non-hydrogen) atoms. The fourth-order valence-electron chi connectivity index (χ4n) is 1.52. The van der Waals surface area contributed by atoms with Crippen molar-refractivity contribution in [3.05, 3.63) is 11.8 Å². The largest absolute Gasteiger partial charge is 0.272 e. The summed E-state index contributed by atoms with van der Waals surface area (Å²) in [5, 5.41) is 6.16. The van der Waals surface area contributed by atoms with Crippen molar-refractivity contribution in [3.8, 4) is 0 Å². The molecule has 0 aromatic heterocycles. The first-order valence-corrected chi connectivity index (χ1v) is 4.18. The number of dihydropyridines is 1. The molecular weight excluding hydrogens is 170 g/mol. The van der Waals surface area contributed by atoms with E-state index >= 15 is 0 Å². The Morgan fingerprint density at radius 3 is 3.00 bits per heavy atom. The van der Waals surface area contributed by atoms with Gasteiger partial charge in [-0.05, 0) is 13.0 Å². The van der Waals surface area contributed by atoms with E-state index < -0.39 is 0 Å². The van der Waals surface area contributed by atoms with Crippen molar-refractivity contribution < 1.29 is 0 Å². The van der Waals surface area contributed by atoms with Crippen LogP contribution in [0, 0.1) is 5.92 Å². The molecule has 1 unspecified atom stereocenters. The van der Waals surface area contributed by atoms with Crippen LogP contribution < -0.4 is 0 Å². The van der Waals surface area contributed by atoms with E-state index in [4.69, 9.17) is 12.2 Å². The summed E-state index contributed by atoms with van der Waals surface area (Å²) in [6.07, 6.45) is 3.69. The molecule has 0 amide bonds. The number of hydrogen-bond acceptors (Lipinski definition) is 3. The number of fused-ring (bicyclic) bond motifs is 1. The quantitative estimate of drug-likeness (QED) is 0.523. The SMILES string of the molecule is CC1=NN(C)C2=CC=NC(=S)C21. The molecule has 0 fully saturated rings. The molecule has 3 nitrogen and oxygen atoms in total. The third-order valence-electron chi connectivity index (χ3n) is 2.09. The summed E-state index contributed by atoms with van der Waals surface area (Å²) < 4.78 is 0. The van der Waals surface area contributed by atoms with Crippen LogP contribution in [0.2, 0.25) is 0 Å². The first-order valence-electron chi connectivity index (χ1n) is 3.77. The number of rotatable bonds is 0. The standard InChI is InChI=1S/C8H9N3S/c1-5-7-6(11(2)10-5)3-4-9-8(7)12/h3-4,7H,1-2H3. The molecule has 0 N–H and O–H groups in total. The molecule has 0 aromatic carbocycles. The van der Waals surface area contributed by atoms with Crippen molar-refractivity contribution in [2.45, 2.75) is 6.92 Å². The molecule has 0 saturated heterocycles. The van der Waals surface area contributed by atoms with Gasteiger partial charge >= 0.3 is 0 Å². The van der Waals surface area contributed by atoms with Crippen LogP contribution >= 0.6 is 12.2 Å². The van der Waals surface area contributed by atoms with Crippen LogP contribution in [0.5, 0.6) is 0 Å². The Labute approximate surface area is 76.5 Å². The minimum Gasteiger partial charge on any atom is -0.272 e. The topological polar surface area (TPSA) is 28.0 Å². The molecule has 0 aliphatic carbocycles. The van der Waals surface area contributed by atoms with Crippen molar-refractivity contribution in [3.63, 3.8) is 0 Å². The molecule has 4 heteroatoms. The molecule has 2 heterocycles. The smallest absolute Gasteiger partial charge is 0.118 e. The summed E-state index contributed by atoms with van der Waals surface area (Å²) in [7, 11) is 1.93. The second-order valence-corrected chi connectivity index (χ2v) is 3.32. The lowest BCUT2D eigenvalue weighted by atomic mass is 10.00. The van der Waals surface area contributed by atoms with Crippen LogP contribution in [-0.2, 0) is 0 Å². The fourth-order valence-corrected chi connectivity index (χ4v) is 1.88. The van der Waals surface area contributed by atoms with Crippen molar-refractivity contribution in [1.82, 2.24) is 5.01 Å². The van der Waals surface area contributed by atoms with Crippen LogP contribution in [0.15, 0.2) is 21.9 Å². The van der Waals surface area contributed by atoms with Gasteiger partial charge in [0.25, 0.3) is 0 Å². The molecule has 2 rings (SSSR count). The van der Waals surface area contributed by atoms with Gasteiger partial charge in [-0.25, -0.2) is 4.99 Å². The van der Waals surface area contributed by atoms with E-state index in [-0.39, 0.29) is 5.92 Å². The monoisotopic (exact) mass is 179 g/mol. The zero-order valence-corrected chi connectivity index (χ0v) is 7.80. The van der Waals surface area contributed by atoms with E-state index in [1.165, 1.54) is 0 Å².